The first kappa shape index (κ1) is 16.7. The molecule has 0 fully saturated rings. The van der Waals surface area contributed by atoms with Crippen LogP contribution in [0.15, 0.2) is 60.7 Å². The standard InChI is InChI=1S/C18H20Cl2S/c1-13(17(19)15-9-5-3-6-10-15)21-14(2)18(20)16-11-7-4-8-12-16/h3-14,17-18H,1-2H3. The maximum absolute atomic E-state index is 6.59. The van der Waals surface area contributed by atoms with Crippen molar-refractivity contribution in [3.05, 3.63) is 71.8 Å². The predicted octanol–water partition coefficient (Wildman–Crippen LogP) is 6.46. The van der Waals surface area contributed by atoms with Gasteiger partial charge in [-0.3, -0.25) is 0 Å². The second kappa shape index (κ2) is 8.12. The van der Waals surface area contributed by atoms with E-state index in [1.807, 2.05) is 48.2 Å². The van der Waals surface area contributed by atoms with E-state index in [9.17, 15) is 0 Å². The van der Waals surface area contributed by atoms with Crippen molar-refractivity contribution >= 4 is 35.0 Å². The molecule has 4 unspecified atom stereocenters. The molecule has 4 atom stereocenters. The number of halogens is 2. The van der Waals surface area contributed by atoms with E-state index in [-0.39, 0.29) is 10.8 Å². The maximum Gasteiger partial charge on any atom is 0.0701 e. The van der Waals surface area contributed by atoms with Gasteiger partial charge < -0.3 is 0 Å². The molecule has 3 heteroatoms. The molecule has 0 aromatic heterocycles. The van der Waals surface area contributed by atoms with E-state index in [0.717, 1.165) is 11.1 Å². The van der Waals surface area contributed by atoms with Gasteiger partial charge in [0.1, 0.15) is 0 Å². The quantitative estimate of drug-likeness (QED) is 0.545. The van der Waals surface area contributed by atoms with Gasteiger partial charge in [-0.15, -0.1) is 23.2 Å². The molecule has 0 spiro atoms. The lowest BCUT2D eigenvalue weighted by atomic mass is 10.1. The minimum absolute atomic E-state index is 0.00158. The average molecular weight is 339 g/mol. The summed E-state index contributed by atoms with van der Waals surface area (Å²) in [5.74, 6) is 0. The van der Waals surface area contributed by atoms with E-state index in [4.69, 9.17) is 23.2 Å². The molecule has 0 aliphatic rings. The molecule has 0 bridgehead atoms. The van der Waals surface area contributed by atoms with Gasteiger partial charge in [0, 0.05) is 10.5 Å². The molecule has 2 aromatic rings. The molecule has 112 valence electrons. The fourth-order valence-corrected chi connectivity index (χ4v) is 4.21. The number of thioether (sulfide) groups is 1. The lowest BCUT2D eigenvalue weighted by Crippen LogP contribution is -2.14. The number of benzene rings is 2. The molecule has 0 amide bonds. The summed E-state index contributed by atoms with van der Waals surface area (Å²) < 4.78 is 0. The highest BCUT2D eigenvalue weighted by Crippen LogP contribution is 2.39. The van der Waals surface area contributed by atoms with Crippen LogP contribution in [0.25, 0.3) is 0 Å². The molecule has 0 aliphatic heterocycles. The van der Waals surface area contributed by atoms with Gasteiger partial charge in [0.25, 0.3) is 0 Å². The Balaban J connectivity index is 1.97. The molecule has 0 saturated heterocycles. The largest absolute Gasteiger partial charge is 0.152 e. The highest BCUT2D eigenvalue weighted by Gasteiger charge is 2.24. The highest BCUT2D eigenvalue weighted by molar-refractivity contribution is 8.00. The molecule has 0 aliphatic carbocycles. The average Bonchev–Trinajstić information content (AvgIpc) is 2.55. The third-order valence-electron chi connectivity index (χ3n) is 3.49. The number of hydrogen-bond acceptors (Lipinski definition) is 1. The first-order chi connectivity index (χ1) is 10.1. The van der Waals surface area contributed by atoms with Gasteiger partial charge in [-0.05, 0) is 11.1 Å². The van der Waals surface area contributed by atoms with Crippen molar-refractivity contribution < 1.29 is 0 Å². The molecule has 21 heavy (non-hydrogen) atoms. The van der Waals surface area contributed by atoms with Gasteiger partial charge in [0.15, 0.2) is 0 Å². The van der Waals surface area contributed by atoms with Crippen LogP contribution in [0.5, 0.6) is 0 Å². The topological polar surface area (TPSA) is 0 Å². The van der Waals surface area contributed by atoms with E-state index in [2.05, 4.69) is 38.1 Å². The van der Waals surface area contributed by atoms with Gasteiger partial charge in [0.05, 0.1) is 10.8 Å². The SMILES string of the molecule is CC(SC(C)C(Cl)c1ccccc1)C(Cl)c1ccccc1. The Morgan fingerprint density at radius 3 is 1.33 bits per heavy atom. The maximum atomic E-state index is 6.59. The Hall–Kier alpha value is -0.630. The van der Waals surface area contributed by atoms with Crippen LogP contribution >= 0.6 is 35.0 Å². The van der Waals surface area contributed by atoms with Gasteiger partial charge in [0.2, 0.25) is 0 Å². The molecule has 0 saturated carbocycles. The molecule has 0 N–H and O–H groups in total. The van der Waals surface area contributed by atoms with Crippen molar-refractivity contribution in [3.63, 3.8) is 0 Å². The second-order valence-electron chi connectivity index (χ2n) is 5.17. The molecular formula is C18H20Cl2S. The summed E-state index contributed by atoms with van der Waals surface area (Å²) in [6.07, 6.45) is 0. The smallest absolute Gasteiger partial charge is 0.0701 e. The number of rotatable bonds is 6. The summed E-state index contributed by atoms with van der Waals surface area (Å²) in [6.45, 7) is 4.33. The predicted molar refractivity (Wildman–Crippen MR) is 96.6 cm³/mol. The number of alkyl halides is 2. The lowest BCUT2D eigenvalue weighted by molar-refractivity contribution is 0.859. The highest BCUT2D eigenvalue weighted by atomic mass is 35.5. The van der Waals surface area contributed by atoms with Crippen LogP contribution in [-0.2, 0) is 0 Å². The van der Waals surface area contributed by atoms with Crippen LogP contribution in [0.3, 0.4) is 0 Å². The molecular weight excluding hydrogens is 319 g/mol. The Morgan fingerprint density at radius 2 is 1.00 bits per heavy atom. The van der Waals surface area contributed by atoms with Crippen LogP contribution in [0.1, 0.15) is 35.7 Å². The first-order valence-corrected chi connectivity index (χ1v) is 8.94. The van der Waals surface area contributed by atoms with Crippen molar-refractivity contribution in [2.24, 2.45) is 0 Å². The summed E-state index contributed by atoms with van der Waals surface area (Å²) in [6, 6.07) is 20.4. The van der Waals surface area contributed by atoms with Crippen molar-refractivity contribution in [1.82, 2.24) is 0 Å². The number of hydrogen-bond donors (Lipinski definition) is 0. The summed E-state index contributed by atoms with van der Waals surface area (Å²) in [5.41, 5.74) is 2.33. The van der Waals surface area contributed by atoms with E-state index >= 15 is 0 Å². The van der Waals surface area contributed by atoms with E-state index in [1.54, 1.807) is 0 Å². The Bertz CT molecular complexity index is 480. The van der Waals surface area contributed by atoms with Crippen molar-refractivity contribution in [1.29, 1.82) is 0 Å². The minimum Gasteiger partial charge on any atom is -0.152 e. The summed E-state index contributed by atoms with van der Waals surface area (Å²) in [4.78, 5) is 0. The van der Waals surface area contributed by atoms with Crippen molar-refractivity contribution in [2.75, 3.05) is 0 Å². The zero-order valence-corrected chi connectivity index (χ0v) is 14.6. The molecule has 2 rings (SSSR count). The van der Waals surface area contributed by atoms with Gasteiger partial charge in [-0.2, -0.15) is 11.8 Å². The summed E-state index contributed by atoms with van der Waals surface area (Å²) in [7, 11) is 0. The first-order valence-electron chi connectivity index (χ1n) is 7.13. The van der Waals surface area contributed by atoms with Crippen LogP contribution in [-0.4, -0.2) is 10.5 Å². The van der Waals surface area contributed by atoms with Gasteiger partial charge in [-0.1, -0.05) is 74.5 Å². The van der Waals surface area contributed by atoms with Crippen molar-refractivity contribution in [3.8, 4) is 0 Å². The van der Waals surface area contributed by atoms with Crippen LogP contribution in [0.2, 0.25) is 0 Å². The summed E-state index contributed by atoms with van der Waals surface area (Å²) in [5, 5.41) is 0.597. The minimum atomic E-state index is -0.00158. The van der Waals surface area contributed by atoms with Gasteiger partial charge >= 0.3 is 0 Å². The summed E-state index contributed by atoms with van der Waals surface area (Å²) >= 11 is 15.0. The molecule has 0 heterocycles. The Labute approximate surface area is 141 Å². The second-order valence-corrected chi connectivity index (χ2v) is 7.87. The fraction of sp³-hybridized carbons (Fsp3) is 0.333. The molecule has 0 radical (unpaired) electrons. The zero-order valence-electron chi connectivity index (χ0n) is 12.2. The normalized spacial score (nSPS) is 17.0. The van der Waals surface area contributed by atoms with Crippen LogP contribution < -0.4 is 0 Å². The molecule has 2 aromatic carbocycles. The third kappa shape index (κ3) is 4.67. The third-order valence-corrected chi connectivity index (χ3v) is 6.45. The fourth-order valence-electron chi connectivity index (χ4n) is 2.29. The zero-order chi connectivity index (χ0) is 15.2. The van der Waals surface area contributed by atoms with Gasteiger partial charge in [-0.25, -0.2) is 0 Å². The van der Waals surface area contributed by atoms with Crippen molar-refractivity contribution in [2.45, 2.75) is 35.1 Å². The lowest BCUT2D eigenvalue weighted by Gasteiger charge is -2.25. The monoisotopic (exact) mass is 338 g/mol. The van der Waals surface area contributed by atoms with Crippen LogP contribution in [0, 0.1) is 0 Å². The Morgan fingerprint density at radius 1 is 0.667 bits per heavy atom. The molecule has 0 nitrogen and oxygen atoms in total. The van der Waals surface area contributed by atoms with E-state index in [1.165, 1.54) is 0 Å². The van der Waals surface area contributed by atoms with E-state index < -0.39 is 0 Å². The van der Waals surface area contributed by atoms with Crippen LogP contribution in [0.4, 0.5) is 0 Å². The van der Waals surface area contributed by atoms with E-state index in [0.29, 0.717) is 10.5 Å². The Kier molecular flexibility index (Phi) is 6.47.